The third kappa shape index (κ3) is 5.34. The van der Waals surface area contributed by atoms with Crippen molar-refractivity contribution in [3.8, 4) is 0 Å². The summed E-state index contributed by atoms with van der Waals surface area (Å²) in [5, 5.41) is 0. The summed E-state index contributed by atoms with van der Waals surface area (Å²) in [6, 6.07) is 7.67. The number of anilines is 1. The van der Waals surface area contributed by atoms with E-state index in [4.69, 9.17) is 16.2 Å². The number of carbonyl (C=O) groups is 1. The molecule has 1 fully saturated rings. The summed E-state index contributed by atoms with van der Waals surface area (Å²) in [6.45, 7) is 4.13. The molecular formula is C15H24N4O2. The van der Waals surface area contributed by atoms with E-state index >= 15 is 0 Å². The molecule has 1 unspecified atom stereocenters. The van der Waals surface area contributed by atoms with E-state index in [1.807, 2.05) is 29.2 Å². The van der Waals surface area contributed by atoms with Crippen LogP contribution in [-0.2, 0) is 16.1 Å². The van der Waals surface area contributed by atoms with Crippen LogP contribution in [0.25, 0.3) is 0 Å². The Hall–Kier alpha value is -1.63. The summed E-state index contributed by atoms with van der Waals surface area (Å²) in [6.07, 6.45) is 0.108. The highest BCUT2D eigenvalue weighted by atomic mass is 16.5. The van der Waals surface area contributed by atoms with E-state index in [-0.39, 0.29) is 18.6 Å². The molecule has 0 aliphatic carbocycles. The number of benzene rings is 1. The number of carbonyl (C=O) groups excluding carboxylic acids is 1. The van der Waals surface area contributed by atoms with Crippen molar-refractivity contribution in [2.45, 2.75) is 12.6 Å². The SMILES string of the molecule is CN1CCOC(CN(CC(N)=O)Cc2ccc(N)cc2)C1. The molecule has 1 aromatic carbocycles. The molecule has 1 aromatic rings. The Morgan fingerprint density at radius 3 is 2.76 bits per heavy atom. The van der Waals surface area contributed by atoms with E-state index in [2.05, 4.69) is 11.9 Å². The van der Waals surface area contributed by atoms with Gasteiger partial charge in [-0.25, -0.2) is 0 Å². The fourth-order valence-corrected chi connectivity index (χ4v) is 2.55. The molecule has 1 atom stereocenters. The highest BCUT2D eigenvalue weighted by Gasteiger charge is 2.21. The standard InChI is InChI=1S/C15H24N4O2/c1-18-6-7-21-14(9-18)10-19(11-15(17)20)8-12-2-4-13(16)5-3-12/h2-5,14H,6-11,16H2,1H3,(H2,17,20). The monoisotopic (exact) mass is 292 g/mol. The molecule has 1 aliphatic heterocycles. The number of rotatable bonds is 6. The van der Waals surface area contributed by atoms with Crippen LogP contribution in [0.3, 0.4) is 0 Å². The van der Waals surface area contributed by atoms with E-state index < -0.39 is 0 Å². The largest absolute Gasteiger partial charge is 0.399 e. The predicted molar refractivity (Wildman–Crippen MR) is 82.6 cm³/mol. The molecule has 0 aromatic heterocycles. The fourth-order valence-electron chi connectivity index (χ4n) is 2.55. The van der Waals surface area contributed by atoms with Gasteiger partial charge in [0.15, 0.2) is 0 Å². The average Bonchev–Trinajstić information content (AvgIpc) is 2.40. The van der Waals surface area contributed by atoms with Crippen molar-refractivity contribution < 1.29 is 9.53 Å². The zero-order chi connectivity index (χ0) is 15.2. The summed E-state index contributed by atoms with van der Waals surface area (Å²) < 4.78 is 5.76. The van der Waals surface area contributed by atoms with Gasteiger partial charge in [0.25, 0.3) is 0 Å². The molecular weight excluding hydrogens is 268 g/mol. The van der Waals surface area contributed by atoms with Crippen molar-refractivity contribution in [1.29, 1.82) is 0 Å². The van der Waals surface area contributed by atoms with E-state index in [1.165, 1.54) is 0 Å². The molecule has 6 heteroatoms. The number of nitrogens with zero attached hydrogens (tertiary/aromatic N) is 2. The van der Waals surface area contributed by atoms with E-state index in [9.17, 15) is 4.79 Å². The Morgan fingerprint density at radius 1 is 1.43 bits per heavy atom. The third-order valence-electron chi connectivity index (χ3n) is 3.57. The molecule has 21 heavy (non-hydrogen) atoms. The van der Waals surface area contributed by atoms with Crippen LogP contribution in [-0.4, -0.2) is 61.6 Å². The van der Waals surface area contributed by atoms with E-state index in [1.54, 1.807) is 0 Å². The summed E-state index contributed by atoms with van der Waals surface area (Å²) in [5.74, 6) is -0.324. The first-order valence-corrected chi connectivity index (χ1v) is 7.18. The van der Waals surface area contributed by atoms with Gasteiger partial charge < -0.3 is 21.1 Å². The molecule has 1 aliphatic rings. The van der Waals surface area contributed by atoms with Gasteiger partial charge in [0, 0.05) is 31.9 Å². The molecule has 6 nitrogen and oxygen atoms in total. The second-order valence-electron chi connectivity index (χ2n) is 5.63. The molecule has 0 radical (unpaired) electrons. The minimum absolute atomic E-state index is 0.108. The quantitative estimate of drug-likeness (QED) is 0.715. The Kier molecular flexibility index (Phi) is 5.55. The third-order valence-corrected chi connectivity index (χ3v) is 3.57. The number of hydrogen-bond donors (Lipinski definition) is 2. The lowest BCUT2D eigenvalue weighted by molar-refractivity contribution is -0.120. The van der Waals surface area contributed by atoms with Crippen LogP contribution in [0.2, 0.25) is 0 Å². The van der Waals surface area contributed by atoms with Crippen molar-refractivity contribution in [3.05, 3.63) is 29.8 Å². The van der Waals surface area contributed by atoms with Crippen LogP contribution < -0.4 is 11.5 Å². The maximum Gasteiger partial charge on any atom is 0.231 e. The maximum absolute atomic E-state index is 11.3. The second kappa shape index (κ2) is 7.40. The number of amides is 1. The predicted octanol–water partition coefficient (Wildman–Crippen LogP) is -0.113. The van der Waals surface area contributed by atoms with Gasteiger partial charge in [-0.15, -0.1) is 0 Å². The number of nitrogens with two attached hydrogens (primary N) is 2. The molecule has 2 rings (SSSR count). The minimum Gasteiger partial charge on any atom is -0.399 e. The number of primary amides is 1. The molecule has 116 valence electrons. The lowest BCUT2D eigenvalue weighted by atomic mass is 10.1. The number of hydrogen-bond acceptors (Lipinski definition) is 5. The Bertz CT molecular complexity index is 463. The number of nitrogen functional groups attached to an aromatic ring is 1. The van der Waals surface area contributed by atoms with Gasteiger partial charge in [-0.3, -0.25) is 9.69 Å². The average molecular weight is 292 g/mol. The topological polar surface area (TPSA) is 84.8 Å². The maximum atomic E-state index is 11.3. The number of morpholine rings is 1. The molecule has 1 amide bonds. The highest BCUT2D eigenvalue weighted by Crippen LogP contribution is 2.11. The van der Waals surface area contributed by atoms with Gasteiger partial charge in [0.1, 0.15) is 0 Å². The summed E-state index contributed by atoms with van der Waals surface area (Å²) >= 11 is 0. The normalized spacial score (nSPS) is 19.8. The summed E-state index contributed by atoms with van der Waals surface area (Å²) in [7, 11) is 2.08. The van der Waals surface area contributed by atoms with Gasteiger partial charge in [-0.2, -0.15) is 0 Å². The van der Waals surface area contributed by atoms with Crippen molar-refractivity contribution in [3.63, 3.8) is 0 Å². The minimum atomic E-state index is -0.324. The van der Waals surface area contributed by atoms with Crippen molar-refractivity contribution >= 4 is 11.6 Å². The first-order valence-electron chi connectivity index (χ1n) is 7.18. The van der Waals surface area contributed by atoms with Crippen molar-refractivity contribution in [1.82, 2.24) is 9.80 Å². The molecule has 0 saturated carbocycles. The molecule has 0 bridgehead atoms. The summed E-state index contributed by atoms with van der Waals surface area (Å²) in [4.78, 5) is 15.5. The van der Waals surface area contributed by atoms with E-state index in [0.29, 0.717) is 13.1 Å². The van der Waals surface area contributed by atoms with Crippen LogP contribution in [0.5, 0.6) is 0 Å². The molecule has 1 saturated heterocycles. The van der Waals surface area contributed by atoms with E-state index in [0.717, 1.165) is 30.9 Å². The molecule has 1 heterocycles. The molecule has 0 spiro atoms. The van der Waals surface area contributed by atoms with Gasteiger partial charge in [0.2, 0.25) is 5.91 Å². The van der Waals surface area contributed by atoms with Crippen LogP contribution in [0.1, 0.15) is 5.56 Å². The second-order valence-corrected chi connectivity index (χ2v) is 5.63. The van der Waals surface area contributed by atoms with Crippen molar-refractivity contribution in [2.24, 2.45) is 5.73 Å². The lowest BCUT2D eigenvalue weighted by Gasteiger charge is -2.33. The Balaban J connectivity index is 1.96. The van der Waals surface area contributed by atoms with Gasteiger partial charge >= 0.3 is 0 Å². The Morgan fingerprint density at radius 2 is 2.14 bits per heavy atom. The zero-order valence-electron chi connectivity index (χ0n) is 12.5. The van der Waals surface area contributed by atoms with Gasteiger partial charge in [-0.1, -0.05) is 12.1 Å². The zero-order valence-corrected chi connectivity index (χ0v) is 12.5. The number of ether oxygens (including phenoxy) is 1. The fraction of sp³-hybridized carbons (Fsp3) is 0.533. The van der Waals surface area contributed by atoms with Crippen LogP contribution in [0, 0.1) is 0 Å². The van der Waals surface area contributed by atoms with Crippen LogP contribution in [0.15, 0.2) is 24.3 Å². The Labute approximate surface area is 125 Å². The van der Waals surface area contributed by atoms with Crippen LogP contribution in [0.4, 0.5) is 5.69 Å². The highest BCUT2D eigenvalue weighted by molar-refractivity contribution is 5.75. The van der Waals surface area contributed by atoms with Crippen LogP contribution >= 0.6 is 0 Å². The van der Waals surface area contributed by atoms with Crippen molar-refractivity contribution in [2.75, 3.05) is 45.6 Å². The first-order chi connectivity index (χ1) is 10.0. The summed E-state index contributed by atoms with van der Waals surface area (Å²) in [5.41, 5.74) is 12.9. The lowest BCUT2D eigenvalue weighted by Crippen LogP contribution is -2.47. The van der Waals surface area contributed by atoms with Gasteiger partial charge in [-0.05, 0) is 24.7 Å². The van der Waals surface area contributed by atoms with Gasteiger partial charge in [0.05, 0.1) is 19.3 Å². The number of likely N-dealkylation sites (N-methyl/N-ethyl adjacent to an activating group) is 1. The smallest absolute Gasteiger partial charge is 0.231 e. The first kappa shape index (κ1) is 15.8. The molecule has 4 N–H and O–H groups in total.